The molecular formula is C31H43NO5. The molecule has 3 saturated carbocycles. The number of carbonyl (C=O) groups is 2. The highest BCUT2D eigenvalue weighted by molar-refractivity contribution is 5.96. The highest BCUT2D eigenvalue weighted by Gasteiger charge is 2.71. The number of esters is 1. The summed E-state index contributed by atoms with van der Waals surface area (Å²) in [5, 5.41) is 32.0. The lowest BCUT2D eigenvalue weighted by molar-refractivity contribution is -0.193. The number of hydrogen-bond donors (Lipinski definition) is 2. The van der Waals surface area contributed by atoms with E-state index in [9.17, 15) is 25.1 Å². The van der Waals surface area contributed by atoms with E-state index >= 15 is 0 Å². The zero-order valence-corrected chi connectivity index (χ0v) is 23.5. The zero-order valence-electron chi connectivity index (χ0n) is 23.5. The number of ether oxygens (including phenoxy) is 1. The minimum Gasteiger partial charge on any atom is -0.508 e. The summed E-state index contributed by atoms with van der Waals surface area (Å²) >= 11 is 0. The van der Waals surface area contributed by atoms with Gasteiger partial charge in [0.1, 0.15) is 11.4 Å². The van der Waals surface area contributed by atoms with Crippen LogP contribution in [-0.2, 0) is 14.3 Å². The average Bonchev–Trinajstić information content (AvgIpc) is 2.82. The first-order valence-electron chi connectivity index (χ1n) is 13.9. The number of methoxy groups -OCH3 is 1. The maximum atomic E-state index is 14.3. The third-order valence-corrected chi connectivity index (χ3v) is 12.4. The van der Waals surface area contributed by atoms with E-state index in [0.717, 1.165) is 37.7 Å². The lowest BCUT2D eigenvalue weighted by Gasteiger charge is -2.69. The lowest BCUT2D eigenvalue weighted by atomic mass is 9.34. The second-order valence-electron chi connectivity index (χ2n) is 14.6. The largest absolute Gasteiger partial charge is 0.508 e. The number of carbonyl (C=O) groups excluding carboxylic acids is 2. The molecule has 8 atom stereocenters. The molecule has 0 bridgehead atoms. The monoisotopic (exact) mass is 509 g/mol. The maximum Gasteiger partial charge on any atom is 0.312 e. The predicted molar refractivity (Wildman–Crippen MR) is 139 cm³/mol. The second-order valence-corrected chi connectivity index (χ2v) is 14.6. The normalized spacial score (nSPS) is 48.5. The van der Waals surface area contributed by atoms with Crippen molar-refractivity contribution in [1.82, 2.24) is 0 Å². The molecule has 1 unspecified atom stereocenters. The Morgan fingerprint density at radius 2 is 1.73 bits per heavy atom. The quantitative estimate of drug-likeness (QED) is 0.432. The van der Waals surface area contributed by atoms with Crippen molar-refractivity contribution in [2.24, 2.45) is 44.8 Å². The molecule has 0 aromatic rings. The molecule has 2 N–H and O–H groups in total. The van der Waals surface area contributed by atoms with Gasteiger partial charge in [-0.1, -0.05) is 40.2 Å². The molecule has 5 aliphatic carbocycles. The van der Waals surface area contributed by atoms with Gasteiger partial charge in [0.2, 0.25) is 0 Å². The van der Waals surface area contributed by atoms with Gasteiger partial charge in [-0.05, 0) is 86.5 Å². The van der Waals surface area contributed by atoms with Crippen LogP contribution in [0.4, 0.5) is 0 Å². The summed E-state index contributed by atoms with van der Waals surface area (Å²) in [6, 6.07) is 2.13. The number of rotatable bonds is 1. The van der Waals surface area contributed by atoms with Gasteiger partial charge in [-0.25, -0.2) is 0 Å². The fourth-order valence-electron chi connectivity index (χ4n) is 10.1. The molecule has 0 aliphatic heterocycles. The van der Waals surface area contributed by atoms with Crippen LogP contribution in [0, 0.1) is 56.2 Å². The summed E-state index contributed by atoms with van der Waals surface area (Å²) < 4.78 is 5.39. The molecule has 37 heavy (non-hydrogen) atoms. The van der Waals surface area contributed by atoms with E-state index in [1.54, 1.807) is 6.92 Å². The molecule has 0 saturated heterocycles. The number of allylic oxidation sites excluding steroid dienone is 3. The van der Waals surface area contributed by atoms with E-state index in [0.29, 0.717) is 19.3 Å². The van der Waals surface area contributed by atoms with Crippen LogP contribution in [0.2, 0.25) is 0 Å². The molecule has 6 nitrogen and oxygen atoms in total. The van der Waals surface area contributed by atoms with Gasteiger partial charge in [-0.2, -0.15) is 5.26 Å². The Morgan fingerprint density at radius 3 is 2.35 bits per heavy atom. The van der Waals surface area contributed by atoms with Gasteiger partial charge in [-0.15, -0.1) is 0 Å². The van der Waals surface area contributed by atoms with Gasteiger partial charge in [0.25, 0.3) is 0 Å². The van der Waals surface area contributed by atoms with E-state index < -0.39 is 16.4 Å². The fraction of sp³-hybridized carbons (Fsp3) is 0.774. The predicted octanol–water partition coefficient (Wildman–Crippen LogP) is 5.81. The number of hydrogen-bond acceptors (Lipinski definition) is 6. The molecule has 202 valence electrons. The molecule has 0 radical (unpaired) electrons. The van der Waals surface area contributed by atoms with Crippen molar-refractivity contribution in [1.29, 1.82) is 5.26 Å². The van der Waals surface area contributed by atoms with Gasteiger partial charge >= 0.3 is 5.97 Å². The van der Waals surface area contributed by atoms with Crippen LogP contribution < -0.4 is 0 Å². The van der Waals surface area contributed by atoms with Crippen molar-refractivity contribution in [3.63, 3.8) is 0 Å². The summed E-state index contributed by atoms with van der Waals surface area (Å²) in [4.78, 5) is 27.7. The van der Waals surface area contributed by atoms with Crippen LogP contribution in [0.15, 0.2) is 23.0 Å². The number of nitrogens with zero attached hydrogens (tertiary/aromatic N) is 1. The molecule has 0 aromatic heterocycles. The fourth-order valence-corrected chi connectivity index (χ4v) is 10.1. The number of fused-ring (bicyclic) bond motifs is 7. The third-order valence-electron chi connectivity index (χ3n) is 12.4. The van der Waals surface area contributed by atoms with Crippen molar-refractivity contribution in [2.75, 3.05) is 7.11 Å². The highest BCUT2D eigenvalue weighted by atomic mass is 16.5. The molecular weight excluding hydrogens is 466 g/mol. The minimum absolute atomic E-state index is 0.0430. The van der Waals surface area contributed by atoms with Crippen molar-refractivity contribution in [3.05, 3.63) is 23.0 Å². The van der Waals surface area contributed by atoms with Gasteiger partial charge in [0.05, 0.1) is 24.2 Å². The van der Waals surface area contributed by atoms with Crippen LogP contribution in [0.3, 0.4) is 0 Å². The van der Waals surface area contributed by atoms with Gasteiger partial charge in [0, 0.05) is 17.3 Å². The highest BCUT2D eigenvalue weighted by Crippen LogP contribution is 2.74. The number of nitriles is 1. The van der Waals surface area contributed by atoms with E-state index in [-0.39, 0.29) is 57.1 Å². The summed E-state index contributed by atoms with van der Waals surface area (Å²) in [6.45, 7) is 12.7. The Hall–Kier alpha value is -2.13. The smallest absolute Gasteiger partial charge is 0.312 e. The Kier molecular flexibility index (Phi) is 5.52. The first kappa shape index (κ1) is 26.5. The van der Waals surface area contributed by atoms with Crippen molar-refractivity contribution >= 4 is 11.8 Å². The van der Waals surface area contributed by atoms with Crippen molar-refractivity contribution in [2.45, 2.75) is 98.5 Å². The molecule has 6 heteroatoms. The summed E-state index contributed by atoms with van der Waals surface area (Å²) in [5.41, 5.74) is -2.20. The molecule has 5 rings (SSSR count). The molecule has 0 aromatic carbocycles. The van der Waals surface area contributed by atoms with Crippen LogP contribution in [0.1, 0.15) is 92.9 Å². The van der Waals surface area contributed by atoms with Crippen LogP contribution in [0.5, 0.6) is 0 Å². The second kappa shape index (κ2) is 7.72. The van der Waals surface area contributed by atoms with Gasteiger partial charge in [0.15, 0.2) is 5.78 Å². The van der Waals surface area contributed by atoms with Crippen molar-refractivity contribution in [3.8, 4) is 6.07 Å². The summed E-state index contributed by atoms with van der Waals surface area (Å²) in [7, 11) is 1.47. The number of aliphatic hydroxyl groups is 2. The zero-order chi connectivity index (χ0) is 27.4. The topological polar surface area (TPSA) is 108 Å². The Labute approximate surface area is 221 Å². The molecule has 5 aliphatic rings. The van der Waals surface area contributed by atoms with Crippen LogP contribution in [0.25, 0.3) is 0 Å². The Balaban J connectivity index is 1.68. The standard InChI is InChI=1S/C31H43NO5/c1-26(2)10-12-31(25(35)37-7)13-11-29(5)23(19(31)16-26)20(33)14-22-27(3)15-18(17-32)24(34)30(6,36)21(27)8-9-28(22,29)4/h14,19,21,23,34,36H,8-13,15-16H2,1-7H3/t19-,21?,23-,27-,28+,29+,30-,31-/m0/s1. The SMILES string of the molecule is COC(=O)[C@]12CCC(C)(C)C[C@H]1[C@H]1C(=O)C=C3[C@@]4(C)CC(C#N)=C(O)[C@@](C)(O)C4CC[C@@]3(C)[C@]1(C)CC2. The molecule has 0 heterocycles. The van der Waals surface area contributed by atoms with Gasteiger partial charge in [-0.3, -0.25) is 9.59 Å². The number of ketones is 1. The third kappa shape index (κ3) is 3.13. The van der Waals surface area contributed by atoms with Crippen LogP contribution >= 0.6 is 0 Å². The average molecular weight is 510 g/mol. The molecule has 3 fully saturated rings. The van der Waals surface area contributed by atoms with E-state index in [4.69, 9.17) is 4.74 Å². The maximum absolute atomic E-state index is 14.3. The summed E-state index contributed by atoms with van der Waals surface area (Å²) in [5.74, 6) is -0.973. The van der Waals surface area contributed by atoms with Crippen molar-refractivity contribution < 1.29 is 24.5 Å². The van der Waals surface area contributed by atoms with E-state index in [1.807, 2.05) is 6.08 Å². The summed E-state index contributed by atoms with van der Waals surface area (Å²) in [6.07, 6.45) is 7.60. The first-order valence-corrected chi connectivity index (χ1v) is 13.9. The molecule has 0 spiro atoms. The number of aliphatic hydroxyl groups excluding tert-OH is 1. The van der Waals surface area contributed by atoms with E-state index in [1.165, 1.54) is 7.11 Å². The molecule has 0 amide bonds. The lowest BCUT2D eigenvalue weighted by Crippen LogP contribution is -2.66. The van der Waals surface area contributed by atoms with E-state index in [2.05, 4.69) is 40.7 Å². The Bertz CT molecular complexity index is 1170. The Morgan fingerprint density at radius 1 is 1.08 bits per heavy atom. The van der Waals surface area contributed by atoms with Gasteiger partial charge < -0.3 is 14.9 Å². The first-order chi connectivity index (χ1) is 17.0. The minimum atomic E-state index is -1.53. The van der Waals surface area contributed by atoms with Crippen LogP contribution in [-0.4, -0.2) is 34.7 Å².